The van der Waals surface area contributed by atoms with Crippen molar-refractivity contribution in [2.45, 2.75) is 32.3 Å². The molecule has 1 aliphatic rings. The fourth-order valence-corrected chi connectivity index (χ4v) is 4.74. The maximum atomic E-state index is 14.5. The van der Waals surface area contributed by atoms with E-state index in [0.717, 1.165) is 16.8 Å². The van der Waals surface area contributed by atoms with Gasteiger partial charge in [0.1, 0.15) is 13.7 Å². The molecule has 2 bridgehead atoms. The van der Waals surface area contributed by atoms with Crippen LogP contribution < -0.4 is 10.1 Å². The summed E-state index contributed by atoms with van der Waals surface area (Å²) in [5.41, 5.74) is 3.21. The molecule has 35 heavy (non-hydrogen) atoms. The van der Waals surface area contributed by atoms with E-state index in [-0.39, 0.29) is 11.6 Å². The predicted octanol–water partition coefficient (Wildman–Crippen LogP) is 4.05. The van der Waals surface area contributed by atoms with E-state index in [4.69, 9.17) is 24.2 Å². The molecule has 1 amide bonds. The van der Waals surface area contributed by atoms with Crippen LogP contribution in [0.2, 0.25) is 5.15 Å². The van der Waals surface area contributed by atoms with E-state index in [0.29, 0.717) is 46.9 Å². The molecule has 1 N–H and O–H groups in total. The van der Waals surface area contributed by atoms with Crippen LogP contribution in [0.4, 0.5) is 10.2 Å². The Morgan fingerprint density at radius 2 is 2.14 bits per heavy atom. The van der Waals surface area contributed by atoms with Crippen molar-refractivity contribution in [1.82, 2.24) is 24.5 Å². The van der Waals surface area contributed by atoms with Crippen molar-refractivity contribution < 1.29 is 13.9 Å². The van der Waals surface area contributed by atoms with Gasteiger partial charge in [0.25, 0.3) is 0 Å². The van der Waals surface area contributed by atoms with Gasteiger partial charge in [0, 0.05) is 54.7 Å². The number of halogens is 2. The first-order chi connectivity index (χ1) is 16.7. The average molecular weight is 491 g/mol. The maximum Gasteiger partial charge on any atom is 0.212 e. The second-order valence-electron chi connectivity index (χ2n) is 8.52. The number of nitrogens with one attached hydrogen (secondary N) is 1. The van der Waals surface area contributed by atoms with Gasteiger partial charge in [-0.05, 0) is 43.7 Å². The maximum absolute atomic E-state index is 14.5. The van der Waals surface area contributed by atoms with Crippen LogP contribution in [0.25, 0.3) is 22.5 Å². The summed E-state index contributed by atoms with van der Waals surface area (Å²) in [4.78, 5) is 15.6. The van der Waals surface area contributed by atoms with E-state index in [1.54, 1.807) is 34.6 Å². The minimum atomic E-state index is -1.50. The Bertz CT molecular complexity index is 1460. The number of carbonyl (C=O) groups excluding carboxylic acids is 1. The molecule has 4 heterocycles. The SMILES string of the molecule is [B][C@]1(C)Oc2cc(cnc2NC=O)-c2c(c(Cl)nn2CC)Cc2cn(C)nc2-c2ccc(F)cc21. The number of benzene rings is 1. The number of aryl methyl sites for hydroxylation is 2. The van der Waals surface area contributed by atoms with Crippen molar-refractivity contribution in [2.24, 2.45) is 7.05 Å². The standard InChI is InChI=1S/C24H21BClFN6O2/c1-4-33-21-13-8-19(23(28-10-13)29-12-34)35-24(2,25)18-9-15(27)5-6-16(18)20-14(11-32(3)30-20)7-17(21)22(26)31-33/h5-6,8-12H,4,7H2,1-3H3,(H,28,29,34)/t24-/m1/s1. The van der Waals surface area contributed by atoms with Gasteiger partial charge in [-0.25, -0.2) is 9.37 Å². The monoisotopic (exact) mass is 490 g/mol. The van der Waals surface area contributed by atoms with Crippen molar-refractivity contribution >= 4 is 31.7 Å². The van der Waals surface area contributed by atoms with Crippen LogP contribution in [0.5, 0.6) is 5.75 Å². The first-order valence-corrected chi connectivity index (χ1v) is 11.4. The summed E-state index contributed by atoms with van der Waals surface area (Å²) in [6.45, 7) is 4.15. The molecule has 11 heteroatoms. The molecular weight excluding hydrogens is 470 g/mol. The summed E-state index contributed by atoms with van der Waals surface area (Å²) in [6, 6.07) is 6.04. The van der Waals surface area contributed by atoms with Crippen LogP contribution >= 0.6 is 11.6 Å². The number of hydrogen-bond acceptors (Lipinski definition) is 5. The lowest BCUT2D eigenvalue weighted by Gasteiger charge is -2.31. The highest BCUT2D eigenvalue weighted by Crippen LogP contribution is 2.41. The Balaban J connectivity index is 1.86. The molecule has 4 aromatic rings. The Morgan fingerprint density at radius 1 is 1.34 bits per heavy atom. The lowest BCUT2D eigenvalue weighted by atomic mass is 9.74. The number of ether oxygens (including phenoxy) is 1. The largest absolute Gasteiger partial charge is 0.489 e. The third-order valence-corrected chi connectivity index (χ3v) is 6.29. The summed E-state index contributed by atoms with van der Waals surface area (Å²) >= 11 is 6.63. The quantitative estimate of drug-likeness (QED) is 0.346. The van der Waals surface area contributed by atoms with E-state index in [1.165, 1.54) is 12.1 Å². The van der Waals surface area contributed by atoms with Crippen LogP contribution in [0.15, 0.2) is 36.7 Å². The van der Waals surface area contributed by atoms with Gasteiger partial charge in [0.2, 0.25) is 6.41 Å². The number of fused-ring (bicyclic) bond motifs is 7. The molecule has 0 saturated carbocycles. The van der Waals surface area contributed by atoms with Gasteiger partial charge in [0.15, 0.2) is 16.7 Å². The van der Waals surface area contributed by atoms with Gasteiger partial charge < -0.3 is 10.1 Å². The third kappa shape index (κ3) is 3.97. The van der Waals surface area contributed by atoms with E-state index in [1.807, 2.05) is 20.2 Å². The molecule has 8 nitrogen and oxygen atoms in total. The molecule has 3 aromatic heterocycles. The zero-order valence-electron chi connectivity index (χ0n) is 19.3. The molecule has 0 aliphatic carbocycles. The second-order valence-corrected chi connectivity index (χ2v) is 8.88. The van der Waals surface area contributed by atoms with Crippen molar-refractivity contribution in [3.05, 3.63) is 64.3 Å². The second kappa shape index (κ2) is 8.53. The average Bonchev–Trinajstić information content (AvgIpc) is 3.33. The lowest BCUT2D eigenvalue weighted by molar-refractivity contribution is -0.105. The highest BCUT2D eigenvalue weighted by Gasteiger charge is 2.31. The number of rotatable bonds is 3. The molecular formula is C24H21BClFN6O2. The van der Waals surface area contributed by atoms with Crippen molar-refractivity contribution in [2.75, 3.05) is 5.32 Å². The first-order valence-electron chi connectivity index (χ1n) is 11.0. The molecule has 0 fully saturated rings. The summed E-state index contributed by atoms with van der Waals surface area (Å²) in [5, 5.41) is 12.1. The molecule has 0 saturated heterocycles. The summed E-state index contributed by atoms with van der Waals surface area (Å²) in [7, 11) is 8.47. The van der Waals surface area contributed by atoms with Gasteiger partial charge in [-0.2, -0.15) is 10.2 Å². The minimum absolute atomic E-state index is 0.171. The molecule has 2 radical (unpaired) electrons. The van der Waals surface area contributed by atoms with Gasteiger partial charge in [0.05, 0.1) is 16.9 Å². The fraction of sp³-hybridized carbons (Fsp3) is 0.250. The number of hydrogen-bond donors (Lipinski definition) is 1. The Hall–Kier alpha value is -3.66. The zero-order chi connectivity index (χ0) is 24.9. The normalized spacial score (nSPS) is 16.7. The molecule has 176 valence electrons. The fourth-order valence-electron chi connectivity index (χ4n) is 4.50. The van der Waals surface area contributed by atoms with Crippen LogP contribution in [0, 0.1) is 5.82 Å². The highest BCUT2D eigenvalue weighted by molar-refractivity contribution is 6.30. The van der Waals surface area contributed by atoms with E-state index < -0.39 is 11.3 Å². The highest BCUT2D eigenvalue weighted by atomic mass is 35.5. The molecule has 5 rings (SSSR count). The smallest absolute Gasteiger partial charge is 0.212 e. The van der Waals surface area contributed by atoms with Crippen LogP contribution in [-0.2, 0) is 30.3 Å². The summed E-state index contributed by atoms with van der Waals surface area (Å²) < 4.78 is 24.2. The van der Waals surface area contributed by atoms with E-state index >= 15 is 0 Å². The summed E-state index contributed by atoms with van der Waals surface area (Å²) in [5.74, 6) is -0.0898. The Kier molecular flexibility index (Phi) is 5.63. The van der Waals surface area contributed by atoms with Crippen molar-refractivity contribution in [3.63, 3.8) is 0 Å². The third-order valence-electron chi connectivity index (χ3n) is 5.99. The summed E-state index contributed by atoms with van der Waals surface area (Å²) in [6.07, 6.45) is 4.42. The first kappa shape index (κ1) is 23.1. The topological polar surface area (TPSA) is 86.9 Å². The molecule has 1 aromatic carbocycles. The molecule has 0 unspecified atom stereocenters. The predicted molar refractivity (Wildman–Crippen MR) is 131 cm³/mol. The number of anilines is 1. The number of pyridine rings is 1. The van der Waals surface area contributed by atoms with Crippen LogP contribution in [-0.4, -0.2) is 38.8 Å². The molecule has 1 aliphatic heterocycles. The van der Waals surface area contributed by atoms with E-state index in [2.05, 4.69) is 20.5 Å². The zero-order valence-corrected chi connectivity index (χ0v) is 20.1. The molecule has 1 atom stereocenters. The van der Waals surface area contributed by atoms with Gasteiger partial charge >= 0.3 is 0 Å². The van der Waals surface area contributed by atoms with Gasteiger partial charge in [-0.15, -0.1) is 0 Å². The number of amides is 1. The Labute approximate surface area is 207 Å². The van der Waals surface area contributed by atoms with Crippen molar-refractivity contribution in [3.8, 4) is 28.3 Å². The van der Waals surface area contributed by atoms with Gasteiger partial charge in [-0.3, -0.25) is 14.2 Å². The van der Waals surface area contributed by atoms with Crippen LogP contribution in [0.3, 0.4) is 0 Å². The number of carbonyl (C=O) groups is 1. The molecule has 0 spiro atoms. The minimum Gasteiger partial charge on any atom is -0.489 e. The van der Waals surface area contributed by atoms with Crippen LogP contribution in [0.1, 0.15) is 30.5 Å². The number of nitrogens with zero attached hydrogens (tertiary/aromatic N) is 5. The van der Waals surface area contributed by atoms with E-state index in [9.17, 15) is 9.18 Å². The number of aromatic nitrogens is 5. The lowest BCUT2D eigenvalue weighted by Crippen LogP contribution is -2.31. The van der Waals surface area contributed by atoms with Crippen molar-refractivity contribution in [1.29, 1.82) is 0 Å². The Morgan fingerprint density at radius 3 is 2.89 bits per heavy atom. The van der Waals surface area contributed by atoms with Gasteiger partial charge in [-0.1, -0.05) is 11.6 Å².